The number of aryl methyl sites for hydroxylation is 2. The summed E-state index contributed by atoms with van der Waals surface area (Å²) in [5.41, 5.74) is 8.80. The van der Waals surface area contributed by atoms with E-state index >= 15 is 0 Å². The van der Waals surface area contributed by atoms with Gasteiger partial charge < -0.3 is 0 Å². The molecule has 0 bridgehead atoms. The first-order chi connectivity index (χ1) is 14.5. The molecule has 2 heterocycles. The largest absolute Gasteiger partial charge is 0.281 e. The van der Waals surface area contributed by atoms with Gasteiger partial charge >= 0.3 is 0 Å². The van der Waals surface area contributed by atoms with Crippen molar-refractivity contribution < 1.29 is 9.59 Å². The summed E-state index contributed by atoms with van der Waals surface area (Å²) in [6, 6.07) is 16.6. The SMILES string of the molecule is Cc1cnn(-c2ccc(C(=O)NNC(=O)c3sc(-c4ccccc4)nc3C)cc2)c1. The van der Waals surface area contributed by atoms with Crippen LogP contribution in [0.15, 0.2) is 67.0 Å². The summed E-state index contributed by atoms with van der Waals surface area (Å²) in [6.45, 7) is 3.73. The first-order valence-corrected chi connectivity index (χ1v) is 10.1. The van der Waals surface area contributed by atoms with E-state index in [4.69, 9.17) is 0 Å². The number of carbonyl (C=O) groups excluding carboxylic acids is 2. The van der Waals surface area contributed by atoms with Crippen molar-refractivity contribution in [3.05, 3.63) is 88.7 Å². The number of amides is 2. The number of rotatable bonds is 4. The number of benzene rings is 2. The Morgan fingerprint density at radius 3 is 2.30 bits per heavy atom. The summed E-state index contributed by atoms with van der Waals surface area (Å²) in [5.74, 6) is -0.804. The van der Waals surface area contributed by atoms with Crippen LogP contribution in [-0.4, -0.2) is 26.6 Å². The lowest BCUT2D eigenvalue weighted by Crippen LogP contribution is -2.41. The lowest BCUT2D eigenvalue weighted by Gasteiger charge is -2.07. The van der Waals surface area contributed by atoms with Crippen LogP contribution in [0.4, 0.5) is 0 Å². The molecule has 0 aliphatic rings. The number of nitrogens with zero attached hydrogens (tertiary/aromatic N) is 3. The Balaban J connectivity index is 1.40. The van der Waals surface area contributed by atoms with E-state index in [1.54, 1.807) is 42.1 Å². The van der Waals surface area contributed by atoms with Crippen LogP contribution in [0, 0.1) is 13.8 Å². The highest BCUT2D eigenvalue weighted by molar-refractivity contribution is 7.17. The predicted octanol–water partition coefficient (Wildman–Crippen LogP) is 3.69. The van der Waals surface area contributed by atoms with E-state index in [0.29, 0.717) is 16.1 Å². The highest BCUT2D eigenvalue weighted by Crippen LogP contribution is 2.27. The molecular weight excluding hydrogens is 398 g/mol. The normalized spacial score (nSPS) is 10.6. The van der Waals surface area contributed by atoms with E-state index < -0.39 is 11.8 Å². The second-order valence-electron chi connectivity index (χ2n) is 6.72. The summed E-state index contributed by atoms with van der Waals surface area (Å²) < 4.78 is 1.73. The third-order valence-electron chi connectivity index (χ3n) is 4.42. The first-order valence-electron chi connectivity index (χ1n) is 9.26. The number of hydrogen-bond acceptors (Lipinski definition) is 5. The van der Waals surface area contributed by atoms with Crippen molar-refractivity contribution in [1.29, 1.82) is 0 Å². The van der Waals surface area contributed by atoms with Gasteiger partial charge in [-0.05, 0) is 43.7 Å². The van der Waals surface area contributed by atoms with Crippen molar-refractivity contribution in [2.45, 2.75) is 13.8 Å². The van der Waals surface area contributed by atoms with Crippen molar-refractivity contribution in [3.63, 3.8) is 0 Å². The zero-order valence-corrected chi connectivity index (χ0v) is 17.2. The average molecular weight is 417 g/mol. The molecule has 4 rings (SSSR count). The average Bonchev–Trinajstić information content (AvgIpc) is 3.38. The third kappa shape index (κ3) is 4.13. The molecule has 0 aliphatic heterocycles. The Labute approximate surface area is 177 Å². The molecule has 2 aromatic carbocycles. The summed E-state index contributed by atoms with van der Waals surface area (Å²) in [7, 11) is 0. The van der Waals surface area contributed by atoms with Gasteiger partial charge in [-0.3, -0.25) is 20.4 Å². The topological polar surface area (TPSA) is 88.9 Å². The van der Waals surface area contributed by atoms with Gasteiger partial charge in [0.15, 0.2) is 0 Å². The Morgan fingerprint density at radius 1 is 0.933 bits per heavy atom. The van der Waals surface area contributed by atoms with Crippen LogP contribution in [-0.2, 0) is 0 Å². The Bertz CT molecular complexity index is 1200. The standard InChI is InChI=1S/C22H19N5O2S/c1-14-12-23-27(13-14)18-10-8-16(9-11-18)20(28)25-26-21(29)19-15(2)24-22(30-19)17-6-4-3-5-7-17/h3-13H,1-2H3,(H,25,28)(H,26,29). The highest BCUT2D eigenvalue weighted by atomic mass is 32.1. The quantitative estimate of drug-likeness (QED) is 0.496. The molecule has 30 heavy (non-hydrogen) atoms. The van der Waals surface area contributed by atoms with E-state index in [2.05, 4.69) is 20.9 Å². The van der Waals surface area contributed by atoms with Gasteiger partial charge in [0.25, 0.3) is 11.8 Å². The second kappa shape index (κ2) is 8.30. The first kappa shape index (κ1) is 19.5. The minimum Gasteiger partial charge on any atom is -0.267 e. The van der Waals surface area contributed by atoms with Crippen LogP contribution in [0.3, 0.4) is 0 Å². The molecule has 0 fully saturated rings. The Kier molecular flexibility index (Phi) is 5.40. The molecule has 2 amide bonds. The Hall–Kier alpha value is -3.78. The van der Waals surface area contributed by atoms with E-state index in [-0.39, 0.29) is 0 Å². The molecule has 0 radical (unpaired) electrons. The van der Waals surface area contributed by atoms with Crippen molar-refractivity contribution in [3.8, 4) is 16.3 Å². The molecule has 0 spiro atoms. The molecule has 8 heteroatoms. The summed E-state index contributed by atoms with van der Waals surface area (Å²) >= 11 is 1.29. The fraction of sp³-hybridized carbons (Fsp3) is 0.0909. The molecule has 150 valence electrons. The maximum atomic E-state index is 12.5. The fourth-order valence-corrected chi connectivity index (χ4v) is 3.84. The molecule has 0 saturated carbocycles. The van der Waals surface area contributed by atoms with Crippen LogP contribution in [0.2, 0.25) is 0 Å². The number of carbonyl (C=O) groups is 2. The van der Waals surface area contributed by atoms with Gasteiger partial charge in [-0.2, -0.15) is 5.10 Å². The minimum atomic E-state index is -0.406. The number of hydrazine groups is 1. The second-order valence-corrected chi connectivity index (χ2v) is 7.72. The monoisotopic (exact) mass is 417 g/mol. The van der Waals surface area contributed by atoms with Crippen LogP contribution in [0.5, 0.6) is 0 Å². The fourth-order valence-electron chi connectivity index (χ4n) is 2.87. The zero-order chi connectivity index (χ0) is 21.1. The minimum absolute atomic E-state index is 0.399. The van der Waals surface area contributed by atoms with Crippen molar-refractivity contribution in [2.75, 3.05) is 0 Å². The lowest BCUT2D eigenvalue weighted by atomic mass is 10.2. The number of thiazole rings is 1. The molecule has 0 atom stereocenters. The highest BCUT2D eigenvalue weighted by Gasteiger charge is 2.17. The maximum absolute atomic E-state index is 12.5. The van der Waals surface area contributed by atoms with Gasteiger partial charge in [0.2, 0.25) is 0 Å². The molecular formula is C22H19N5O2S. The molecule has 0 saturated heterocycles. The number of hydrogen-bond donors (Lipinski definition) is 2. The Morgan fingerprint density at radius 2 is 1.63 bits per heavy atom. The zero-order valence-electron chi connectivity index (χ0n) is 16.4. The van der Waals surface area contributed by atoms with Gasteiger partial charge in [0.1, 0.15) is 9.88 Å². The summed E-state index contributed by atoms with van der Waals surface area (Å²) in [4.78, 5) is 29.8. The van der Waals surface area contributed by atoms with Crippen molar-refractivity contribution >= 4 is 23.2 Å². The van der Waals surface area contributed by atoms with Crippen LogP contribution in [0.25, 0.3) is 16.3 Å². The van der Waals surface area contributed by atoms with E-state index in [9.17, 15) is 9.59 Å². The van der Waals surface area contributed by atoms with E-state index in [1.807, 2.05) is 43.5 Å². The molecule has 0 aliphatic carbocycles. The van der Waals surface area contributed by atoms with Crippen molar-refractivity contribution in [1.82, 2.24) is 25.6 Å². The summed E-state index contributed by atoms with van der Waals surface area (Å²) in [6.07, 6.45) is 3.66. The predicted molar refractivity (Wildman–Crippen MR) is 116 cm³/mol. The van der Waals surface area contributed by atoms with Crippen LogP contribution < -0.4 is 10.9 Å². The van der Waals surface area contributed by atoms with Crippen molar-refractivity contribution in [2.24, 2.45) is 0 Å². The van der Waals surface area contributed by atoms with Crippen LogP contribution >= 0.6 is 11.3 Å². The lowest BCUT2D eigenvalue weighted by molar-refractivity contribution is 0.0848. The van der Waals surface area contributed by atoms with Gasteiger partial charge in [-0.25, -0.2) is 9.67 Å². The number of nitrogens with one attached hydrogen (secondary N) is 2. The van der Waals surface area contributed by atoms with E-state index in [0.717, 1.165) is 21.8 Å². The smallest absolute Gasteiger partial charge is 0.267 e. The molecule has 0 unspecified atom stereocenters. The summed E-state index contributed by atoms with van der Waals surface area (Å²) in [5, 5.41) is 5.00. The van der Waals surface area contributed by atoms with Gasteiger partial charge in [-0.1, -0.05) is 30.3 Å². The van der Waals surface area contributed by atoms with Gasteiger partial charge in [0, 0.05) is 17.3 Å². The maximum Gasteiger partial charge on any atom is 0.281 e. The molecule has 4 aromatic rings. The molecule has 7 nitrogen and oxygen atoms in total. The van der Waals surface area contributed by atoms with Crippen LogP contribution in [0.1, 0.15) is 31.3 Å². The van der Waals surface area contributed by atoms with Gasteiger partial charge in [-0.15, -0.1) is 11.3 Å². The van der Waals surface area contributed by atoms with Gasteiger partial charge in [0.05, 0.1) is 17.6 Å². The molecule has 2 N–H and O–H groups in total. The number of aromatic nitrogens is 3. The molecule has 2 aromatic heterocycles. The third-order valence-corrected chi connectivity index (χ3v) is 5.62. The van der Waals surface area contributed by atoms with E-state index in [1.165, 1.54) is 11.3 Å².